The van der Waals surface area contributed by atoms with E-state index in [0.29, 0.717) is 27.4 Å². The lowest BCUT2D eigenvalue weighted by Gasteiger charge is -2.13. The fourth-order valence-electron chi connectivity index (χ4n) is 2.91. The Labute approximate surface area is 186 Å². The zero-order chi connectivity index (χ0) is 23.1. The van der Waals surface area contributed by atoms with Crippen molar-refractivity contribution in [3.05, 3.63) is 84.2 Å². The molecule has 5 N–H and O–H groups in total. The Bertz CT molecular complexity index is 1150. The van der Waals surface area contributed by atoms with E-state index in [1.165, 1.54) is 18.2 Å². The van der Waals surface area contributed by atoms with Gasteiger partial charge in [-0.2, -0.15) is 0 Å². The predicted molar refractivity (Wildman–Crippen MR) is 120 cm³/mol. The first-order valence-corrected chi connectivity index (χ1v) is 10.6. The minimum atomic E-state index is -1.81. The third-order valence-electron chi connectivity index (χ3n) is 4.41. The molecule has 0 spiro atoms. The van der Waals surface area contributed by atoms with Gasteiger partial charge in [0.25, 0.3) is 5.91 Å². The molecule has 0 aliphatic heterocycles. The summed E-state index contributed by atoms with van der Waals surface area (Å²) in [6, 6.07) is 15.0. The molecule has 0 saturated carbocycles. The van der Waals surface area contributed by atoms with Gasteiger partial charge in [-0.05, 0) is 60.5 Å². The number of nitrogens with zero attached hydrogens (tertiary/aromatic N) is 1. The number of amides is 3. The van der Waals surface area contributed by atoms with Crippen LogP contribution in [0.4, 0.5) is 16.2 Å². The Morgan fingerprint density at radius 3 is 2.38 bits per heavy atom. The number of primary amides is 1. The van der Waals surface area contributed by atoms with Crippen molar-refractivity contribution >= 4 is 40.1 Å². The number of carboxylic acid groups (broad SMARTS) is 1. The number of aromatic nitrogens is 1. The van der Waals surface area contributed by atoms with Crippen LogP contribution in [-0.2, 0) is 22.0 Å². The van der Waals surface area contributed by atoms with Crippen LogP contribution < -0.4 is 16.4 Å². The topological polar surface area (TPSA) is 151 Å². The largest absolute Gasteiger partial charge is 0.480 e. The van der Waals surface area contributed by atoms with Gasteiger partial charge in [0.2, 0.25) is 0 Å². The molecule has 164 valence electrons. The Kier molecular flexibility index (Phi) is 7.29. The summed E-state index contributed by atoms with van der Waals surface area (Å²) in [5.74, 6) is -1.60. The van der Waals surface area contributed by atoms with Crippen molar-refractivity contribution < 1.29 is 23.7 Å². The number of urea groups is 1. The predicted octanol–water partition coefficient (Wildman–Crippen LogP) is 2.63. The van der Waals surface area contributed by atoms with Crippen molar-refractivity contribution in [3.8, 4) is 0 Å². The van der Waals surface area contributed by atoms with E-state index in [0.717, 1.165) is 0 Å². The van der Waals surface area contributed by atoms with Gasteiger partial charge in [-0.15, -0.1) is 0 Å². The average molecular weight is 452 g/mol. The summed E-state index contributed by atoms with van der Waals surface area (Å²) in [6.45, 7) is 0. The summed E-state index contributed by atoms with van der Waals surface area (Å²) in [6.07, 6.45) is 3.19. The monoisotopic (exact) mass is 452 g/mol. The highest BCUT2D eigenvalue weighted by Gasteiger charge is 2.26. The Balaban J connectivity index is 1.70. The Hall–Kier alpha value is -4.05. The number of aliphatic carboxylic acids is 1. The van der Waals surface area contributed by atoms with Crippen molar-refractivity contribution in [2.45, 2.75) is 16.6 Å². The van der Waals surface area contributed by atoms with Crippen LogP contribution in [-0.4, -0.2) is 37.5 Å². The molecule has 1 heterocycles. The van der Waals surface area contributed by atoms with Crippen LogP contribution in [0.3, 0.4) is 0 Å². The molecule has 0 fully saturated rings. The molecule has 2 atom stereocenters. The molecule has 0 aliphatic carbocycles. The highest BCUT2D eigenvalue weighted by molar-refractivity contribution is 7.86. The van der Waals surface area contributed by atoms with E-state index in [1.807, 2.05) is 0 Å². The SMILES string of the molecule is NC(=O)Nc1cccc(C(=O)Nc2ccc(S(=O)C(Cc3cccnc3)C(=O)O)cc2)c1. The number of nitrogens with one attached hydrogen (secondary N) is 2. The van der Waals surface area contributed by atoms with E-state index in [1.54, 1.807) is 54.9 Å². The van der Waals surface area contributed by atoms with E-state index >= 15 is 0 Å². The number of carbonyl (C=O) groups excluding carboxylic acids is 2. The smallest absolute Gasteiger partial charge is 0.320 e. The molecule has 0 bridgehead atoms. The maximum Gasteiger partial charge on any atom is 0.320 e. The summed E-state index contributed by atoms with van der Waals surface area (Å²) in [7, 11) is -1.81. The molecule has 3 rings (SSSR count). The quantitative estimate of drug-likeness (QED) is 0.412. The first-order chi connectivity index (χ1) is 15.3. The zero-order valence-electron chi connectivity index (χ0n) is 16.7. The molecule has 2 aromatic carbocycles. The highest BCUT2D eigenvalue weighted by Crippen LogP contribution is 2.19. The molecular formula is C22H20N4O5S. The van der Waals surface area contributed by atoms with Gasteiger partial charge in [-0.1, -0.05) is 12.1 Å². The van der Waals surface area contributed by atoms with Gasteiger partial charge < -0.3 is 21.5 Å². The summed E-state index contributed by atoms with van der Waals surface area (Å²) in [5, 5.41) is 13.5. The molecule has 3 aromatic rings. The third-order valence-corrected chi connectivity index (χ3v) is 6.04. The second kappa shape index (κ2) is 10.3. The lowest BCUT2D eigenvalue weighted by Crippen LogP contribution is -2.28. The number of hydrogen-bond acceptors (Lipinski definition) is 5. The van der Waals surface area contributed by atoms with Gasteiger partial charge in [0.15, 0.2) is 0 Å². The number of carbonyl (C=O) groups is 3. The molecule has 0 radical (unpaired) electrons. The highest BCUT2D eigenvalue weighted by atomic mass is 32.2. The second-order valence-electron chi connectivity index (χ2n) is 6.74. The summed E-state index contributed by atoms with van der Waals surface area (Å²) in [5.41, 5.74) is 6.86. The van der Waals surface area contributed by atoms with E-state index in [4.69, 9.17) is 5.73 Å². The van der Waals surface area contributed by atoms with Gasteiger partial charge in [0.05, 0.1) is 10.8 Å². The van der Waals surface area contributed by atoms with Crippen LogP contribution in [0.1, 0.15) is 15.9 Å². The van der Waals surface area contributed by atoms with Crippen molar-refractivity contribution in [2.24, 2.45) is 5.73 Å². The van der Waals surface area contributed by atoms with Crippen LogP contribution in [0.15, 0.2) is 78.0 Å². The molecular weight excluding hydrogens is 432 g/mol. The zero-order valence-corrected chi connectivity index (χ0v) is 17.5. The average Bonchev–Trinajstić information content (AvgIpc) is 2.78. The number of rotatable bonds is 8. The standard InChI is InChI=1S/C22H20N4O5S/c23-22(30)26-17-5-1-4-15(12-17)20(27)25-16-6-8-18(9-7-16)32(31)19(21(28)29)11-14-3-2-10-24-13-14/h1-10,12-13,19H,11H2,(H,25,27)(H,28,29)(H3,23,26,30). The van der Waals surface area contributed by atoms with Crippen LogP contribution in [0.25, 0.3) is 0 Å². The minimum absolute atomic E-state index is 0.0734. The van der Waals surface area contributed by atoms with Crippen molar-refractivity contribution in [1.82, 2.24) is 4.98 Å². The second-order valence-corrected chi connectivity index (χ2v) is 8.37. The van der Waals surface area contributed by atoms with Crippen LogP contribution in [0.5, 0.6) is 0 Å². The fourth-order valence-corrected chi connectivity index (χ4v) is 4.17. The van der Waals surface area contributed by atoms with Crippen molar-refractivity contribution in [1.29, 1.82) is 0 Å². The Morgan fingerprint density at radius 1 is 1.00 bits per heavy atom. The summed E-state index contributed by atoms with van der Waals surface area (Å²) < 4.78 is 12.8. The molecule has 10 heteroatoms. The molecule has 3 amide bonds. The first kappa shape index (κ1) is 22.6. The number of nitrogens with two attached hydrogens (primary N) is 1. The number of carboxylic acids is 1. The van der Waals surface area contributed by atoms with Crippen molar-refractivity contribution in [3.63, 3.8) is 0 Å². The van der Waals surface area contributed by atoms with E-state index in [9.17, 15) is 23.7 Å². The maximum absolute atomic E-state index is 12.8. The lowest BCUT2D eigenvalue weighted by molar-refractivity contribution is -0.136. The van der Waals surface area contributed by atoms with Gasteiger partial charge in [-0.25, -0.2) is 4.79 Å². The normalized spacial score (nSPS) is 12.4. The van der Waals surface area contributed by atoms with E-state index in [2.05, 4.69) is 15.6 Å². The minimum Gasteiger partial charge on any atom is -0.480 e. The van der Waals surface area contributed by atoms with Gasteiger partial charge in [0, 0.05) is 34.2 Å². The fraction of sp³-hybridized carbons (Fsp3) is 0.0909. The molecule has 2 unspecified atom stereocenters. The Morgan fingerprint density at radius 2 is 1.75 bits per heavy atom. The van der Waals surface area contributed by atoms with Gasteiger partial charge in [-0.3, -0.25) is 18.8 Å². The number of pyridine rings is 1. The molecule has 0 aliphatic rings. The van der Waals surface area contributed by atoms with Crippen LogP contribution in [0, 0.1) is 0 Å². The molecule has 0 saturated heterocycles. The molecule has 9 nitrogen and oxygen atoms in total. The van der Waals surface area contributed by atoms with Gasteiger partial charge in [0.1, 0.15) is 5.25 Å². The number of benzene rings is 2. The lowest BCUT2D eigenvalue weighted by atomic mass is 10.1. The summed E-state index contributed by atoms with van der Waals surface area (Å²) >= 11 is 0. The summed E-state index contributed by atoms with van der Waals surface area (Å²) in [4.78, 5) is 39.4. The van der Waals surface area contributed by atoms with Crippen LogP contribution in [0.2, 0.25) is 0 Å². The number of anilines is 2. The molecule has 1 aromatic heterocycles. The third kappa shape index (κ3) is 5.99. The van der Waals surface area contributed by atoms with Crippen LogP contribution >= 0.6 is 0 Å². The van der Waals surface area contributed by atoms with Crippen molar-refractivity contribution in [2.75, 3.05) is 10.6 Å². The van der Waals surface area contributed by atoms with E-state index < -0.39 is 34.0 Å². The van der Waals surface area contributed by atoms with Gasteiger partial charge >= 0.3 is 12.0 Å². The number of hydrogen-bond donors (Lipinski definition) is 4. The van der Waals surface area contributed by atoms with E-state index in [-0.39, 0.29) is 6.42 Å². The first-order valence-electron chi connectivity index (χ1n) is 9.43. The molecule has 32 heavy (non-hydrogen) atoms. The maximum atomic E-state index is 12.8.